The summed E-state index contributed by atoms with van der Waals surface area (Å²) in [4.78, 5) is 0. The van der Waals surface area contributed by atoms with Gasteiger partial charge in [0, 0.05) is 0 Å². The Morgan fingerprint density at radius 2 is 1.54 bits per heavy atom. The summed E-state index contributed by atoms with van der Waals surface area (Å²) in [5, 5.41) is 0. The molecule has 0 aromatic carbocycles. The highest BCUT2D eigenvalue weighted by Gasteiger charge is 2.36. The lowest BCUT2D eigenvalue weighted by molar-refractivity contribution is 0.355. The zero-order chi connectivity index (χ0) is 9.73. The highest BCUT2D eigenvalue weighted by Crippen LogP contribution is 2.49. The molecule has 0 aromatic heterocycles. The van der Waals surface area contributed by atoms with E-state index in [0.717, 1.165) is 11.3 Å². The SMILES string of the molecule is CCCC(CCC)CCC1(C)CC1. The molecule has 1 aliphatic rings. The normalized spacial score (nSPS) is 19.4. The lowest BCUT2D eigenvalue weighted by Gasteiger charge is -2.17. The Balaban J connectivity index is 2.13. The molecule has 0 aromatic rings. The molecule has 1 rings (SSSR count). The monoisotopic (exact) mass is 182 g/mol. The maximum atomic E-state index is 2.46. The summed E-state index contributed by atoms with van der Waals surface area (Å²) in [6.07, 6.45) is 11.7. The lowest BCUT2D eigenvalue weighted by atomic mass is 9.89. The standard InChI is InChI=1S/C13H26/c1-4-6-12(7-5-2)8-9-13(3)10-11-13/h12H,4-11H2,1-3H3. The third-order valence-electron chi connectivity index (χ3n) is 3.65. The molecule has 0 heterocycles. The van der Waals surface area contributed by atoms with Crippen molar-refractivity contribution in [3.05, 3.63) is 0 Å². The van der Waals surface area contributed by atoms with E-state index in [0.29, 0.717) is 0 Å². The minimum atomic E-state index is 0.778. The van der Waals surface area contributed by atoms with Crippen LogP contribution in [-0.2, 0) is 0 Å². The molecule has 0 N–H and O–H groups in total. The first-order chi connectivity index (χ1) is 6.20. The molecule has 0 heteroatoms. The predicted octanol–water partition coefficient (Wildman–Crippen LogP) is 4.78. The molecule has 78 valence electrons. The Bertz CT molecular complexity index is 127. The van der Waals surface area contributed by atoms with Crippen LogP contribution in [0.5, 0.6) is 0 Å². The van der Waals surface area contributed by atoms with Gasteiger partial charge in [-0.05, 0) is 37.0 Å². The van der Waals surface area contributed by atoms with Gasteiger partial charge in [0.25, 0.3) is 0 Å². The number of hydrogen-bond acceptors (Lipinski definition) is 0. The number of rotatable bonds is 7. The fourth-order valence-electron chi connectivity index (χ4n) is 2.27. The molecular weight excluding hydrogens is 156 g/mol. The molecule has 0 spiro atoms. The van der Waals surface area contributed by atoms with Crippen molar-refractivity contribution in [1.29, 1.82) is 0 Å². The minimum absolute atomic E-state index is 0.778. The van der Waals surface area contributed by atoms with Gasteiger partial charge in [-0.2, -0.15) is 0 Å². The van der Waals surface area contributed by atoms with E-state index in [2.05, 4.69) is 20.8 Å². The first-order valence-corrected chi connectivity index (χ1v) is 6.20. The molecule has 0 aliphatic heterocycles. The van der Waals surface area contributed by atoms with Crippen LogP contribution in [-0.4, -0.2) is 0 Å². The van der Waals surface area contributed by atoms with E-state index in [4.69, 9.17) is 0 Å². The van der Waals surface area contributed by atoms with Gasteiger partial charge in [0.1, 0.15) is 0 Å². The smallest absolute Gasteiger partial charge is 0.0325 e. The van der Waals surface area contributed by atoms with Crippen molar-refractivity contribution >= 4 is 0 Å². The Labute approximate surface area is 84.1 Å². The van der Waals surface area contributed by atoms with E-state index in [1.165, 1.54) is 51.4 Å². The van der Waals surface area contributed by atoms with Crippen LogP contribution < -0.4 is 0 Å². The zero-order valence-corrected chi connectivity index (χ0v) is 9.73. The van der Waals surface area contributed by atoms with Crippen molar-refractivity contribution in [3.63, 3.8) is 0 Å². The zero-order valence-electron chi connectivity index (χ0n) is 9.73. The van der Waals surface area contributed by atoms with Crippen LogP contribution in [0.1, 0.15) is 72.1 Å². The molecule has 0 saturated heterocycles. The van der Waals surface area contributed by atoms with Crippen molar-refractivity contribution in [3.8, 4) is 0 Å². The molecule has 0 nitrogen and oxygen atoms in total. The second-order valence-electron chi connectivity index (χ2n) is 5.29. The fourth-order valence-corrected chi connectivity index (χ4v) is 2.27. The third kappa shape index (κ3) is 4.15. The summed E-state index contributed by atoms with van der Waals surface area (Å²) in [7, 11) is 0. The molecule has 13 heavy (non-hydrogen) atoms. The van der Waals surface area contributed by atoms with Crippen LogP contribution in [0.15, 0.2) is 0 Å². The van der Waals surface area contributed by atoms with E-state index >= 15 is 0 Å². The third-order valence-corrected chi connectivity index (χ3v) is 3.65. The van der Waals surface area contributed by atoms with Gasteiger partial charge in [-0.1, -0.05) is 46.5 Å². The fraction of sp³-hybridized carbons (Fsp3) is 1.00. The van der Waals surface area contributed by atoms with Gasteiger partial charge in [-0.15, -0.1) is 0 Å². The maximum Gasteiger partial charge on any atom is -0.0325 e. The van der Waals surface area contributed by atoms with Crippen LogP contribution in [0.3, 0.4) is 0 Å². The minimum Gasteiger partial charge on any atom is -0.0654 e. The van der Waals surface area contributed by atoms with Gasteiger partial charge in [0.05, 0.1) is 0 Å². The van der Waals surface area contributed by atoms with Crippen molar-refractivity contribution in [2.75, 3.05) is 0 Å². The molecule has 1 aliphatic carbocycles. The highest BCUT2D eigenvalue weighted by atomic mass is 14.4. The van der Waals surface area contributed by atoms with Gasteiger partial charge >= 0.3 is 0 Å². The summed E-state index contributed by atoms with van der Waals surface area (Å²) in [5.41, 5.74) is 0.778. The summed E-state index contributed by atoms with van der Waals surface area (Å²) < 4.78 is 0. The van der Waals surface area contributed by atoms with Crippen molar-refractivity contribution in [1.82, 2.24) is 0 Å². The topological polar surface area (TPSA) is 0 Å². The Morgan fingerprint density at radius 3 is 1.92 bits per heavy atom. The highest BCUT2D eigenvalue weighted by molar-refractivity contribution is 4.88. The van der Waals surface area contributed by atoms with E-state index in [9.17, 15) is 0 Å². The second kappa shape index (κ2) is 5.02. The Morgan fingerprint density at radius 1 is 1.00 bits per heavy atom. The summed E-state index contributed by atoms with van der Waals surface area (Å²) >= 11 is 0. The van der Waals surface area contributed by atoms with Crippen LogP contribution in [0, 0.1) is 11.3 Å². The van der Waals surface area contributed by atoms with Crippen LogP contribution in [0.25, 0.3) is 0 Å². The molecule has 0 atom stereocenters. The molecule has 1 saturated carbocycles. The molecule has 0 unspecified atom stereocenters. The average Bonchev–Trinajstić information content (AvgIpc) is 2.82. The summed E-state index contributed by atoms with van der Waals surface area (Å²) in [6.45, 7) is 7.10. The maximum absolute atomic E-state index is 2.46. The first kappa shape index (κ1) is 11.1. The van der Waals surface area contributed by atoms with Gasteiger partial charge in [0.2, 0.25) is 0 Å². The van der Waals surface area contributed by atoms with Crippen LogP contribution >= 0.6 is 0 Å². The largest absolute Gasteiger partial charge is 0.0654 e. The Kier molecular flexibility index (Phi) is 4.28. The van der Waals surface area contributed by atoms with Gasteiger partial charge in [0.15, 0.2) is 0 Å². The average molecular weight is 182 g/mol. The van der Waals surface area contributed by atoms with E-state index in [1.807, 2.05) is 0 Å². The predicted molar refractivity (Wildman–Crippen MR) is 59.9 cm³/mol. The molecule has 0 amide bonds. The molecular formula is C13H26. The van der Waals surface area contributed by atoms with Gasteiger partial charge in [-0.25, -0.2) is 0 Å². The van der Waals surface area contributed by atoms with Crippen molar-refractivity contribution in [2.45, 2.75) is 72.1 Å². The second-order valence-corrected chi connectivity index (χ2v) is 5.29. The van der Waals surface area contributed by atoms with E-state index in [-0.39, 0.29) is 0 Å². The molecule has 1 fully saturated rings. The van der Waals surface area contributed by atoms with Gasteiger partial charge < -0.3 is 0 Å². The van der Waals surface area contributed by atoms with Crippen molar-refractivity contribution < 1.29 is 0 Å². The van der Waals surface area contributed by atoms with Crippen LogP contribution in [0.4, 0.5) is 0 Å². The van der Waals surface area contributed by atoms with Crippen LogP contribution in [0.2, 0.25) is 0 Å². The first-order valence-electron chi connectivity index (χ1n) is 6.20. The summed E-state index contributed by atoms with van der Waals surface area (Å²) in [5.74, 6) is 1.03. The van der Waals surface area contributed by atoms with E-state index < -0.39 is 0 Å². The molecule has 0 radical (unpaired) electrons. The quantitative estimate of drug-likeness (QED) is 0.531. The molecule has 0 bridgehead atoms. The Hall–Kier alpha value is 0. The lowest BCUT2D eigenvalue weighted by Crippen LogP contribution is -2.03. The summed E-state index contributed by atoms with van der Waals surface area (Å²) in [6, 6.07) is 0. The van der Waals surface area contributed by atoms with Gasteiger partial charge in [-0.3, -0.25) is 0 Å². The number of hydrogen-bond donors (Lipinski definition) is 0. The van der Waals surface area contributed by atoms with Crippen molar-refractivity contribution in [2.24, 2.45) is 11.3 Å². The van der Waals surface area contributed by atoms with E-state index in [1.54, 1.807) is 0 Å².